The van der Waals surface area contributed by atoms with Crippen LogP contribution in [0.4, 0.5) is 13.2 Å². The van der Waals surface area contributed by atoms with E-state index in [0.717, 1.165) is 24.1 Å². The summed E-state index contributed by atoms with van der Waals surface area (Å²) in [5.74, 6) is 1.10. The van der Waals surface area contributed by atoms with E-state index in [-0.39, 0.29) is 0 Å². The van der Waals surface area contributed by atoms with E-state index >= 15 is 0 Å². The van der Waals surface area contributed by atoms with Gasteiger partial charge in [-0.05, 0) is 59.2 Å². The Labute approximate surface area is 133 Å². The Morgan fingerprint density at radius 1 is 1.04 bits per heavy atom. The second-order valence-corrected chi connectivity index (χ2v) is 6.57. The second kappa shape index (κ2) is 5.10. The van der Waals surface area contributed by atoms with Gasteiger partial charge in [0.1, 0.15) is 0 Å². The van der Waals surface area contributed by atoms with E-state index in [1.165, 1.54) is 23.3 Å². The van der Waals surface area contributed by atoms with E-state index in [4.69, 9.17) is 0 Å². The maximum Gasteiger partial charge on any atom is 0.416 e. The molecule has 4 heteroatoms. The summed E-state index contributed by atoms with van der Waals surface area (Å²) in [6, 6.07) is 12.1. The van der Waals surface area contributed by atoms with Crippen molar-refractivity contribution in [1.82, 2.24) is 5.32 Å². The SMILES string of the molecule is C[C@H]1C2CCNC1c1c(-c3ccc(C(F)(F)F)cc3)cccc12. The Hall–Kier alpha value is -1.81. The maximum atomic E-state index is 12.8. The van der Waals surface area contributed by atoms with Crippen LogP contribution < -0.4 is 5.32 Å². The van der Waals surface area contributed by atoms with Crippen LogP contribution in [0.1, 0.15) is 42.0 Å². The van der Waals surface area contributed by atoms with Crippen molar-refractivity contribution in [2.75, 3.05) is 6.54 Å². The Morgan fingerprint density at radius 3 is 2.48 bits per heavy atom. The number of piperidine rings is 1. The van der Waals surface area contributed by atoms with Gasteiger partial charge in [-0.2, -0.15) is 13.2 Å². The quantitative estimate of drug-likeness (QED) is 0.768. The van der Waals surface area contributed by atoms with E-state index < -0.39 is 11.7 Å². The number of rotatable bonds is 1. The van der Waals surface area contributed by atoms with Gasteiger partial charge in [-0.3, -0.25) is 0 Å². The van der Waals surface area contributed by atoms with Gasteiger partial charge in [0, 0.05) is 6.04 Å². The van der Waals surface area contributed by atoms with Crippen LogP contribution in [0.25, 0.3) is 11.1 Å². The predicted octanol–water partition coefficient (Wildman–Crippen LogP) is 5.14. The molecule has 4 rings (SSSR count). The molecule has 0 radical (unpaired) electrons. The van der Waals surface area contributed by atoms with Gasteiger partial charge in [-0.25, -0.2) is 0 Å². The van der Waals surface area contributed by atoms with Crippen molar-refractivity contribution in [1.29, 1.82) is 0 Å². The van der Waals surface area contributed by atoms with Gasteiger partial charge in [-0.15, -0.1) is 0 Å². The fourth-order valence-corrected chi connectivity index (χ4v) is 4.22. The number of nitrogens with one attached hydrogen (secondary N) is 1. The fraction of sp³-hybridized carbons (Fsp3) is 0.368. The first-order valence-electron chi connectivity index (χ1n) is 8.00. The molecule has 1 heterocycles. The average Bonchev–Trinajstić information content (AvgIpc) is 2.70. The number of alkyl halides is 3. The summed E-state index contributed by atoms with van der Waals surface area (Å²) >= 11 is 0. The van der Waals surface area contributed by atoms with Crippen LogP contribution in [0.2, 0.25) is 0 Å². The van der Waals surface area contributed by atoms with Gasteiger partial charge < -0.3 is 5.32 Å². The molecule has 0 amide bonds. The highest BCUT2D eigenvalue weighted by molar-refractivity contribution is 5.71. The van der Waals surface area contributed by atoms with Crippen LogP contribution >= 0.6 is 0 Å². The third-order valence-electron chi connectivity index (χ3n) is 5.35. The lowest BCUT2D eigenvalue weighted by atomic mass is 9.87. The lowest BCUT2D eigenvalue weighted by Crippen LogP contribution is -2.31. The van der Waals surface area contributed by atoms with E-state index in [2.05, 4.69) is 18.3 Å². The molecule has 0 aromatic heterocycles. The van der Waals surface area contributed by atoms with Crippen molar-refractivity contribution in [3.05, 3.63) is 59.2 Å². The highest BCUT2D eigenvalue weighted by Gasteiger charge is 2.41. The van der Waals surface area contributed by atoms with Crippen LogP contribution in [0, 0.1) is 5.92 Å². The largest absolute Gasteiger partial charge is 0.416 e. The van der Waals surface area contributed by atoms with Gasteiger partial charge >= 0.3 is 6.18 Å². The summed E-state index contributed by atoms with van der Waals surface area (Å²) in [7, 11) is 0. The molecule has 2 unspecified atom stereocenters. The summed E-state index contributed by atoms with van der Waals surface area (Å²) in [6.07, 6.45) is -3.16. The Morgan fingerprint density at radius 2 is 1.78 bits per heavy atom. The van der Waals surface area contributed by atoms with Gasteiger partial charge in [0.25, 0.3) is 0 Å². The molecule has 0 spiro atoms. The minimum absolute atomic E-state index is 0.308. The van der Waals surface area contributed by atoms with Crippen molar-refractivity contribution in [2.45, 2.75) is 31.5 Å². The average molecular weight is 317 g/mol. The molecule has 120 valence electrons. The lowest BCUT2D eigenvalue weighted by Gasteiger charge is -2.28. The van der Waals surface area contributed by atoms with Crippen LogP contribution in [0.15, 0.2) is 42.5 Å². The number of hydrogen-bond donors (Lipinski definition) is 1. The molecule has 2 aliphatic rings. The summed E-state index contributed by atoms with van der Waals surface area (Å²) in [5, 5.41) is 3.58. The normalized spacial score (nSPS) is 26.2. The Balaban J connectivity index is 1.80. The Bertz CT molecular complexity index is 733. The van der Waals surface area contributed by atoms with Crippen molar-refractivity contribution in [2.24, 2.45) is 5.92 Å². The summed E-state index contributed by atoms with van der Waals surface area (Å²) < 4.78 is 38.3. The number of halogens is 3. The number of benzene rings is 2. The second-order valence-electron chi connectivity index (χ2n) is 6.57. The molecule has 1 saturated heterocycles. The Kier molecular flexibility index (Phi) is 3.27. The van der Waals surface area contributed by atoms with Crippen LogP contribution in [-0.4, -0.2) is 6.54 Å². The first-order valence-corrected chi connectivity index (χ1v) is 8.00. The zero-order valence-electron chi connectivity index (χ0n) is 12.8. The first kappa shape index (κ1) is 14.8. The summed E-state index contributed by atoms with van der Waals surface area (Å²) in [4.78, 5) is 0. The highest BCUT2D eigenvalue weighted by Crippen LogP contribution is 2.52. The third kappa shape index (κ3) is 2.27. The molecule has 2 bridgehead atoms. The number of fused-ring (bicyclic) bond motifs is 5. The van der Waals surface area contributed by atoms with Gasteiger partial charge in [0.2, 0.25) is 0 Å². The van der Waals surface area contributed by atoms with Crippen molar-refractivity contribution in [3.63, 3.8) is 0 Å². The van der Waals surface area contributed by atoms with Crippen molar-refractivity contribution >= 4 is 0 Å². The van der Waals surface area contributed by atoms with Crippen molar-refractivity contribution in [3.8, 4) is 11.1 Å². The summed E-state index contributed by atoms with van der Waals surface area (Å²) in [6.45, 7) is 3.26. The molecule has 1 fully saturated rings. The van der Waals surface area contributed by atoms with Crippen molar-refractivity contribution < 1.29 is 13.2 Å². The molecular weight excluding hydrogens is 299 g/mol. The zero-order valence-corrected chi connectivity index (χ0v) is 12.8. The first-order chi connectivity index (χ1) is 11.0. The van der Waals surface area contributed by atoms with Gasteiger partial charge in [0.15, 0.2) is 0 Å². The maximum absolute atomic E-state index is 12.8. The van der Waals surface area contributed by atoms with E-state index in [9.17, 15) is 13.2 Å². The minimum Gasteiger partial charge on any atom is -0.310 e. The van der Waals surface area contributed by atoms with E-state index in [1.54, 1.807) is 12.1 Å². The minimum atomic E-state index is -4.29. The molecular formula is C19H18F3N. The van der Waals surface area contributed by atoms with Crippen LogP contribution in [-0.2, 0) is 6.18 Å². The molecule has 1 nitrogen and oxygen atoms in total. The van der Waals surface area contributed by atoms with Crippen LogP contribution in [0.5, 0.6) is 0 Å². The smallest absolute Gasteiger partial charge is 0.310 e. The monoisotopic (exact) mass is 317 g/mol. The molecule has 1 N–H and O–H groups in total. The topological polar surface area (TPSA) is 12.0 Å². The standard InChI is InChI=1S/C19H18F3N/c1-11-14-9-10-23-18(11)17-15(3-2-4-16(14)17)12-5-7-13(8-6-12)19(20,21)22/h2-8,11,14,18,23H,9-10H2,1H3/t11-,14?,18?/m0/s1. The molecule has 1 aliphatic carbocycles. The molecule has 2 aromatic rings. The van der Waals surface area contributed by atoms with Gasteiger partial charge in [0.05, 0.1) is 5.56 Å². The van der Waals surface area contributed by atoms with Gasteiger partial charge in [-0.1, -0.05) is 37.3 Å². The number of hydrogen-bond acceptors (Lipinski definition) is 1. The van der Waals surface area contributed by atoms with E-state index in [1.807, 2.05) is 12.1 Å². The molecule has 23 heavy (non-hydrogen) atoms. The molecule has 3 atom stereocenters. The fourth-order valence-electron chi connectivity index (χ4n) is 4.22. The van der Waals surface area contributed by atoms with Crippen LogP contribution in [0.3, 0.4) is 0 Å². The zero-order chi connectivity index (χ0) is 16.2. The molecule has 2 aromatic carbocycles. The predicted molar refractivity (Wildman–Crippen MR) is 84.1 cm³/mol. The molecule has 0 saturated carbocycles. The summed E-state index contributed by atoms with van der Waals surface area (Å²) in [5.41, 5.74) is 3.97. The van der Waals surface area contributed by atoms with E-state index in [0.29, 0.717) is 17.9 Å². The third-order valence-corrected chi connectivity index (χ3v) is 5.35. The lowest BCUT2D eigenvalue weighted by molar-refractivity contribution is -0.137. The highest BCUT2D eigenvalue weighted by atomic mass is 19.4. The molecule has 1 aliphatic heterocycles.